The van der Waals surface area contributed by atoms with Crippen LogP contribution in [0.3, 0.4) is 0 Å². The number of likely N-dealkylation sites (N-methyl/N-ethyl adjacent to an activating group) is 1. The highest BCUT2D eigenvalue weighted by Crippen LogP contribution is 2.24. The van der Waals surface area contributed by atoms with Crippen LogP contribution in [0.1, 0.15) is 36.5 Å². The third kappa shape index (κ3) is 4.36. The Bertz CT molecular complexity index is 632. The summed E-state index contributed by atoms with van der Waals surface area (Å²) in [5, 5.41) is 0. The average Bonchev–Trinajstić information content (AvgIpc) is 2.68. The normalized spacial score (nSPS) is 19.6. The molecule has 0 radical (unpaired) electrons. The second-order valence-electron chi connectivity index (χ2n) is 7.34. The van der Waals surface area contributed by atoms with E-state index >= 15 is 0 Å². The molecule has 0 aromatic heterocycles. The molecule has 6 nitrogen and oxygen atoms in total. The van der Waals surface area contributed by atoms with Crippen LogP contribution in [0.15, 0.2) is 24.3 Å². The molecule has 0 bridgehead atoms. The highest BCUT2D eigenvalue weighted by Gasteiger charge is 2.28. The minimum absolute atomic E-state index is 0.00330. The molecule has 1 aromatic carbocycles. The Hall–Kier alpha value is -2.08. The molecule has 6 heteroatoms. The van der Waals surface area contributed by atoms with Gasteiger partial charge in [-0.2, -0.15) is 0 Å². The maximum Gasteiger partial charge on any atom is 0.255 e. The van der Waals surface area contributed by atoms with Gasteiger partial charge in [-0.05, 0) is 37.4 Å². The van der Waals surface area contributed by atoms with E-state index in [0.29, 0.717) is 36.7 Å². The molecule has 0 spiro atoms. The number of para-hydroxylation sites is 1. The number of carbonyl (C=O) groups excluding carboxylic acids is 2. The van der Waals surface area contributed by atoms with Gasteiger partial charge in [0, 0.05) is 51.4 Å². The van der Waals surface area contributed by atoms with Crippen molar-refractivity contribution in [1.29, 1.82) is 0 Å². The Morgan fingerprint density at radius 1 is 1.00 bits per heavy atom. The van der Waals surface area contributed by atoms with Crippen LogP contribution in [-0.2, 0) is 4.79 Å². The predicted octanol–water partition coefficient (Wildman–Crippen LogP) is 1.68. The Kier molecular flexibility index (Phi) is 6.14. The quantitative estimate of drug-likeness (QED) is 0.832. The van der Waals surface area contributed by atoms with Gasteiger partial charge in [-0.1, -0.05) is 19.1 Å². The van der Waals surface area contributed by atoms with E-state index in [4.69, 9.17) is 5.73 Å². The van der Waals surface area contributed by atoms with E-state index in [-0.39, 0.29) is 11.8 Å². The summed E-state index contributed by atoms with van der Waals surface area (Å²) in [7, 11) is 0. The monoisotopic (exact) mass is 358 g/mol. The number of rotatable bonds is 4. The molecule has 0 unspecified atom stereocenters. The van der Waals surface area contributed by atoms with E-state index in [1.807, 2.05) is 21.9 Å². The zero-order valence-electron chi connectivity index (χ0n) is 15.7. The average molecular weight is 358 g/mol. The fourth-order valence-corrected chi connectivity index (χ4v) is 3.89. The van der Waals surface area contributed by atoms with Gasteiger partial charge in [0.25, 0.3) is 5.91 Å². The summed E-state index contributed by atoms with van der Waals surface area (Å²) in [6.45, 7) is 8.27. The molecule has 3 rings (SSSR count). The van der Waals surface area contributed by atoms with Crippen molar-refractivity contribution in [1.82, 2.24) is 14.7 Å². The molecule has 2 N–H and O–H groups in total. The van der Waals surface area contributed by atoms with E-state index in [1.54, 1.807) is 12.1 Å². The van der Waals surface area contributed by atoms with Crippen molar-refractivity contribution in [2.45, 2.75) is 26.2 Å². The topological polar surface area (TPSA) is 69.9 Å². The van der Waals surface area contributed by atoms with Crippen molar-refractivity contribution >= 4 is 17.5 Å². The molecule has 0 saturated carbocycles. The van der Waals surface area contributed by atoms with E-state index in [1.165, 1.54) is 0 Å². The lowest BCUT2D eigenvalue weighted by atomic mass is 9.92. The minimum Gasteiger partial charge on any atom is -0.398 e. The van der Waals surface area contributed by atoms with Gasteiger partial charge in [0.2, 0.25) is 5.91 Å². The van der Waals surface area contributed by atoms with Crippen molar-refractivity contribution in [2.24, 2.45) is 5.92 Å². The molecule has 142 valence electrons. The molecule has 2 heterocycles. The number of likely N-dealkylation sites (tertiary alicyclic amines) is 1. The number of nitrogens with zero attached hydrogens (tertiary/aromatic N) is 3. The molecule has 26 heavy (non-hydrogen) atoms. The molecule has 2 amide bonds. The number of hydrogen-bond donors (Lipinski definition) is 1. The van der Waals surface area contributed by atoms with Gasteiger partial charge < -0.3 is 20.4 Å². The number of nitrogens with two attached hydrogens (primary N) is 1. The summed E-state index contributed by atoms with van der Waals surface area (Å²) in [5.41, 5.74) is 7.03. The van der Waals surface area contributed by atoms with Crippen molar-refractivity contribution in [2.75, 3.05) is 51.5 Å². The van der Waals surface area contributed by atoms with E-state index in [2.05, 4.69) is 11.8 Å². The first-order valence-electron chi connectivity index (χ1n) is 9.72. The summed E-state index contributed by atoms with van der Waals surface area (Å²) in [4.78, 5) is 31.4. The largest absolute Gasteiger partial charge is 0.398 e. The van der Waals surface area contributed by atoms with Gasteiger partial charge in [0.05, 0.1) is 5.56 Å². The second kappa shape index (κ2) is 8.54. The Morgan fingerprint density at radius 2 is 1.65 bits per heavy atom. The fourth-order valence-electron chi connectivity index (χ4n) is 3.89. The number of piperazine rings is 1. The van der Waals surface area contributed by atoms with Crippen LogP contribution < -0.4 is 5.73 Å². The van der Waals surface area contributed by atoms with Crippen LogP contribution in [0, 0.1) is 5.92 Å². The van der Waals surface area contributed by atoms with Crippen molar-refractivity contribution < 1.29 is 9.59 Å². The molecular formula is C20H30N4O2. The number of amides is 2. The summed E-state index contributed by atoms with van der Waals surface area (Å²) < 4.78 is 0. The highest BCUT2D eigenvalue weighted by atomic mass is 16.2. The Balaban J connectivity index is 1.46. The zero-order valence-corrected chi connectivity index (χ0v) is 15.7. The minimum atomic E-state index is 0.00330. The van der Waals surface area contributed by atoms with E-state index in [0.717, 1.165) is 45.6 Å². The molecular weight excluding hydrogens is 328 g/mol. The highest BCUT2D eigenvalue weighted by molar-refractivity contribution is 5.99. The van der Waals surface area contributed by atoms with Crippen LogP contribution in [-0.4, -0.2) is 72.3 Å². The van der Waals surface area contributed by atoms with E-state index < -0.39 is 0 Å². The number of piperidine rings is 1. The maximum atomic E-state index is 12.6. The molecule has 2 aliphatic rings. The van der Waals surface area contributed by atoms with Gasteiger partial charge in [0.1, 0.15) is 0 Å². The van der Waals surface area contributed by atoms with Crippen molar-refractivity contribution in [3.63, 3.8) is 0 Å². The number of benzene rings is 1. The van der Waals surface area contributed by atoms with Gasteiger partial charge in [0.15, 0.2) is 0 Å². The summed E-state index contributed by atoms with van der Waals surface area (Å²) >= 11 is 0. The lowest BCUT2D eigenvalue weighted by Crippen LogP contribution is -2.49. The number of anilines is 1. The lowest BCUT2D eigenvalue weighted by molar-refractivity contribution is -0.134. The van der Waals surface area contributed by atoms with Crippen LogP contribution in [0.4, 0.5) is 5.69 Å². The predicted molar refractivity (Wildman–Crippen MR) is 103 cm³/mol. The summed E-state index contributed by atoms with van der Waals surface area (Å²) in [6.07, 6.45) is 2.39. The van der Waals surface area contributed by atoms with Gasteiger partial charge in [-0.3, -0.25) is 9.59 Å². The number of hydrogen-bond acceptors (Lipinski definition) is 4. The second-order valence-corrected chi connectivity index (χ2v) is 7.34. The first-order valence-corrected chi connectivity index (χ1v) is 9.72. The van der Waals surface area contributed by atoms with Crippen LogP contribution in [0.5, 0.6) is 0 Å². The molecule has 2 saturated heterocycles. The first-order chi connectivity index (χ1) is 12.6. The maximum absolute atomic E-state index is 12.6. The third-order valence-corrected chi connectivity index (χ3v) is 5.73. The molecule has 2 fully saturated rings. The summed E-state index contributed by atoms with van der Waals surface area (Å²) in [5.74, 6) is 0.658. The molecule has 0 atom stereocenters. The van der Waals surface area contributed by atoms with Crippen molar-refractivity contribution in [3.05, 3.63) is 29.8 Å². The van der Waals surface area contributed by atoms with Gasteiger partial charge >= 0.3 is 0 Å². The van der Waals surface area contributed by atoms with Crippen LogP contribution in [0.25, 0.3) is 0 Å². The smallest absolute Gasteiger partial charge is 0.255 e. The van der Waals surface area contributed by atoms with Crippen LogP contribution >= 0.6 is 0 Å². The Labute approximate surface area is 155 Å². The summed E-state index contributed by atoms with van der Waals surface area (Å²) in [6, 6.07) is 7.22. The standard InChI is InChI=1S/C20H30N4O2/c1-2-22-11-13-23(14-12-22)19(25)15-16-7-9-24(10-8-16)20(26)17-5-3-4-6-18(17)21/h3-6,16H,2,7-15,21H2,1H3. The molecule has 1 aromatic rings. The first kappa shape index (κ1) is 18.7. The van der Waals surface area contributed by atoms with Crippen molar-refractivity contribution in [3.8, 4) is 0 Å². The lowest BCUT2D eigenvalue weighted by Gasteiger charge is -2.36. The SMILES string of the molecule is CCN1CCN(C(=O)CC2CCN(C(=O)c3ccccc3N)CC2)CC1. The number of carbonyl (C=O) groups is 2. The van der Waals surface area contributed by atoms with Gasteiger partial charge in [-0.25, -0.2) is 0 Å². The molecule has 0 aliphatic carbocycles. The zero-order chi connectivity index (χ0) is 18.5. The fraction of sp³-hybridized carbons (Fsp3) is 0.600. The molecule has 2 aliphatic heterocycles. The Morgan fingerprint density at radius 3 is 2.27 bits per heavy atom. The van der Waals surface area contributed by atoms with Crippen LogP contribution in [0.2, 0.25) is 0 Å². The number of nitrogen functional groups attached to an aromatic ring is 1. The van der Waals surface area contributed by atoms with Gasteiger partial charge in [-0.15, -0.1) is 0 Å². The van der Waals surface area contributed by atoms with E-state index in [9.17, 15) is 9.59 Å². The third-order valence-electron chi connectivity index (χ3n) is 5.73.